The van der Waals surface area contributed by atoms with Crippen molar-refractivity contribution < 1.29 is 9.47 Å². The average molecular weight is 266 g/mol. The zero-order valence-corrected chi connectivity index (χ0v) is 12.1. The van der Waals surface area contributed by atoms with Gasteiger partial charge in [0.05, 0.1) is 14.2 Å². The number of aryl methyl sites for hydroxylation is 1. The lowest BCUT2D eigenvalue weighted by Gasteiger charge is -2.10. The molecule has 0 N–H and O–H groups in total. The van der Waals surface area contributed by atoms with Crippen molar-refractivity contribution in [2.45, 2.75) is 13.3 Å². The zero-order valence-electron chi connectivity index (χ0n) is 12.1. The van der Waals surface area contributed by atoms with Gasteiger partial charge < -0.3 is 9.47 Å². The molecule has 0 fully saturated rings. The predicted octanol–water partition coefficient (Wildman–Crippen LogP) is 4.57. The van der Waals surface area contributed by atoms with Crippen LogP contribution in [0.3, 0.4) is 0 Å². The molecule has 0 aromatic heterocycles. The van der Waals surface area contributed by atoms with E-state index in [0.717, 1.165) is 23.3 Å². The Labute approximate surface area is 118 Å². The molecule has 0 heterocycles. The Morgan fingerprint density at radius 1 is 0.800 bits per heavy atom. The van der Waals surface area contributed by atoms with E-state index in [4.69, 9.17) is 9.47 Å². The molecule has 2 nitrogen and oxygen atoms in total. The first-order chi connectivity index (χ1) is 9.75. The minimum atomic E-state index is 0.885. The smallest absolute Gasteiger partial charge is 0.126 e. The first-order valence-corrected chi connectivity index (χ1v) is 6.83. The molecule has 3 aromatic rings. The number of fused-ring (bicyclic) bond motifs is 2. The van der Waals surface area contributed by atoms with Crippen molar-refractivity contribution in [1.82, 2.24) is 0 Å². The lowest BCUT2D eigenvalue weighted by Crippen LogP contribution is -1.89. The molecule has 0 aliphatic rings. The molecule has 0 aliphatic carbocycles. The molecular weight excluding hydrogens is 248 g/mol. The second kappa shape index (κ2) is 5.04. The molecule has 2 heteroatoms. The van der Waals surface area contributed by atoms with Crippen LogP contribution in [0.5, 0.6) is 11.5 Å². The van der Waals surface area contributed by atoms with E-state index in [-0.39, 0.29) is 0 Å². The van der Waals surface area contributed by atoms with E-state index >= 15 is 0 Å². The van der Waals surface area contributed by atoms with Gasteiger partial charge in [0.25, 0.3) is 0 Å². The zero-order chi connectivity index (χ0) is 14.1. The fraction of sp³-hybridized carbons (Fsp3) is 0.222. The van der Waals surface area contributed by atoms with E-state index in [2.05, 4.69) is 43.3 Å². The molecule has 0 spiro atoms. The van der Waals surface area contributed by atoms with Crippen molar-refractivity contribution in [2.24, 2.45) is 0 Å². The number of rotatable bonds is 3. The Morgan fingerprint density at radius 2 is 1.65 bits per heavy atom. The summed E-state index contributed by atoms with van der Waals surface area (Å²) in [6, 6.07) is 14.9. The van der Waals surface area contributed by atoms with Gasteiger partial charge in [0.15, 0.2) is 0 Å². The van der Waals surface area contributed by atoms with Gasteiger partial charge in [0.2, 0.25) is 0 Å². The number of hydrogen-bond acceptors (Lipinski definition) is 2. The summed E-state index contributed by atoms with van der Waals surface area (Å²) in [4.78, 5) is 0. The van der Waals surface area contributed by atoms with Gasteiger partial charge in [-0.15, -0.1) is 0 Å². The van der Waals surface area contributed by atoms with Crippen LogP contribution in [0.2, 0.25) is 0 Å². The molecule has 0 atom stereocenters. The maximum absolute atomic E-state index is 5.54. The summed E-state index contributed by atoms with van der Waals surface area (Å²) in [6.45, 7) is 2.16. The van der Waals surface area contributed by atoms with Gasteiger partial charge in [0, 0.05) is 5.39 Å². The summed E-state index contributed by atoms with van der Waals surface area (Å²) >= 11 is 0. The lowest BCUT2D eigenvalue weighted by molar-refractivity contribution is 0.415. The topological polar surface area (TPSA) is 18.5 Å². The van der Waals surface area contributed by atoms with Crippen molar-refractivity contribution in [3.05, 3.63) is 48.0 Å². The number of benzene rings is 3. The van der Waals surface area contributed by atoms with E-state index in [1.807, 2.05) is 6.07 Å². The molecule has 0 bridgehead atoms. The summed E-state index contributed by atoms with van der Waals surface area (Å²) in [6.07, 6.45) is 1.00. The molecule has 0 saturated carbocycles. The van der Waals surface area contributed by atoms with Crippen molar-refractivity contribution in [2.75, 3.05) is 14.2 Å². The third kappa shape index (κ3) is 2.07. The quantitative estimate of drug-likeness (QED) is 0.646. The molecule has 102 valence electrons. The minimum Gasteiger partial charge on any atom is -0.497 e. The van der Waals surface area contributed by atoms with Gasteiger partial charge in [-0.2, -0.15) is 0 Å². The highest BCUT2D eigenvalue weighted by Crippen LogP contribution is 2.32. The predicted molar refractivity (Wildman–Crippen MR) is 83.9 cm³/mol. The first-order valence-electron chi connectivity index (χ1n) is 6.83. The van der Waals surface area contributed by atoms with Crippen LogP contribution >= 0.6 is 0 Å². The second-order valence-electron chi connectivity index (χ2n) is 4.94. The van der Waals surface area contributed by atoms with Gasteiger partial charge in [-0.1, -0.05) is 19.1 Å². The molecular formula is C18H18O2. The van der Waals surface area contributed by atoms with Crippen LogP contribution in [0, 0.1) is 0 Å². The second-order valence-corrected chi connectivity index (χ2v) is 4.94. The fourth-order valence-corrected chi connectivity index (χ4v) is 2.61. The normalized spacial score (nSPS) is 10.9. The number of methoxy groups -OCH3 is 2. The van der Waals surface area contributed by atoms with Gasteiger partial charge in [-0.3, -0.25) is 0 Å². The monoisotopic (exact) mass is 266 g/mol. The minimum absolute atomic E-state index is 0.885. The molecule has 0 saturated heterocycles. The van der Waals surface area contributed by atoms with E-state index in [1.165, 1.54) is 21.7 Å². The van der Waals surface area contributed by atoms with Gasteiger partial charge in [0.1, 0.15) is 11.5 Å². The number of hydrogen-bond donors (Lipinski definition) is 0. The van der Waals surface area contributed by atoms with Crippen LogP contribution in [0.25, 0.3) is 21.5 Å². The van der Waals surface area contributed by atoms with Crippen LogP contribution in [0.4, 0.5) is 0 Å². The van der Waals surface area contributed by atoms with Gasteiger partial charge >= 0.3 is 0 Å². The average Bonchev–Trinajstić information content (AvgIpc) is 2.51. The Bertz CT molecular complexity index is 775. The van der Waals surface area contributed by atoms with Gasteiger partial charge in [-0.25, -0.2) is 0 Å². The van der Waals surface area contributed by atoms with Crippen LogP contribution in [0.15, 0.2) is 42.5 Å². The summed E-state index contributed by atoms with van der Waals surface area (Å²) < 4.78 is 10.8. The Balaban J connectivity index is 2.34. The lowest BCUT2D eigenvalue weighted by atomic mass is 10.00. The summed E-state index contributed by atoms with van der Waals surface area (Å²) in [5, 5.41) is 4.75. The third-order valence-electron chi connectivity index (χ3n) is 3.77. The molecule has 20 heavy (non-hydrogen) atoms. The Morgan fingerprint density at radius 3 is 2.35 bits per heavy atom. The highest BCUT2D eigenvalue weighted by Gasteiger charge is 2.06. The van der Waals surface area contributed by atoms with Gasteiger partial charge in [-0.05, 0) is 58.5 Å². The highest BCUT2D eigenvalue weighted by molar-refractivity contribution is 6.01. The van der Waals surface area contributed by atoms with Crippen molar-refractivity contribution in [1.29, 1.82) is 0 Å². The maximum atomic E-state index is 5.54. The van der Waals surface area contributed by atoms with E-state index in [1.54, 1.807) is 14.2 Å². The van der Waals surface area contributed by atoms with Crippen LogP contribution in [-0.4, -0.2) is 14.2 Å². The van der Waals surface area contributed by atoms with Crippen LogP contribution < -0.4 is 9.47 Å². The maximum Gasteiger partial charge on any atom is 0.126 e. The van der Waals surface area contributed by atoms with Crippen LogP contribution in [-0.2, 0) is 6.42 Å². The SMILES string of the molecule is CCc1cc(OC)c2cc3ccc(OC)cc3cc2c1. The Hall–Kier alpha value is -2.22. The molecule has 3 rings (SSSR count). The number of ether oxygens (including phenoxy) is 2. The highest BCUT2D eigenvalue weighted by atomic mass is 16.5. The standard InChI is InChI=1S/C18H18O2/c1-4-12-7-15-9-14-10-16(19-2)6-5-13(14)11-17(15)18(8-12)20-3/h5-11H,4H2,1-3H3. The molecule has 0 aliphatic heterocycles. The largest absolute Gasteiger partial charge is 0.497 e. The molecule has 0 radical (unpaired) electrons. The van der Waals surface area contributed by atoms with Crippen molar-refractivity contribution >= 4 is 21.5 Å². The van der Waals surface area contributed by atoms with Crippen molar-refractivity contribution in [3.8, 4) is 11.5 Å². The van der Waals surface area contributed by atoms with Crippen molar-refractivity contribution in [3.63, 3.8) is 0 Å². The molecule has 3 aromatic carbocycles. The summed E-state index contributed by atoms with van der Waals surface area (Å²) in [5.74, 6) is 1.83. The fourth-order valence-electron chi connectivity index (χ4n) is 2.61. The Kier molecular flexibility index (Phi) is 3.23. The van der Waals surface area contributed by atoms with Crippen LogP contribution in [0.1, 0.15) is 12.5 Å². The molecule has 0 amide bonds. The third-order valence-corrected chi connectivity index (χ3v) is 3.77. The first kappa shape index (κ1) is 12.8. The summed E-state index contributed by atoms with van der Waals surface area (Å²) in [5.41, 5.74) is 1.29. The van der Waals surface area contributed by atoms with E-state index in [0.29, 0.717) is 0 Å². The van der Waals surface area contributed by atoms with E-state index < -0.39 is 0 Å². The summed E-state index contributed by atoms with van der Waals surface area (Å²) in [7, 11) is 3.42. The van der Waals surface area contributed by atoms with E-state index in [9.17, 15) is 0 Å². The molecule has 0 unspecified atom stereocenters.